The molecule has 0 aliphatic heterocycles. The van der Waals surface area contributed by atoms with Crippen molar-refractivity contribution in [2.45, 2.75) is 38.1 Å². The molecule has 6 heteroatoms. The molecule has 0 fully saturated rings. The molecule has 2 heterocycles. The average Bonchev–Trinajstić information content (AvgIpc) is 3.57. The molecule has 0 unspecified atom stereocenters. The highest BCUT2D eigenvalue weighted by Gasteiger charge is 2.44. The fourth-order valence-electron chi connectivity index (χ4n) is 5.90. The molecular formula is C32H30N4O2. The molecule has 6 nitrogen and oxygen atoms in total. The summed E-state index contributed by atoms with van der Waals surface area (Å²) in [4.78, 5) is 12.8. The van der Waals surface area contributed by atoms with Crippen LogP contribution < -0.4 is 0 Å². The lowest BCUT2D eigenvalue weighted by atomic mass is 9.74. The Morgan fingerprint density at radius 2 is 1.45 bits per heavy atom. The highest BCUT2D eigenvalue weighted by atomic mass is 16.5. The highest BCUT2D eigenvalue weighted by Crippen LogP contribution is 2.46. The van der Waals surface area contributed by atoms with Crippen LogP contribution in [-0.4, -0.2) is 32.6 Å². The zero-order chi connectivity index (χ0) is 26.3. The third-order valence-corrected chi connectivity index (χ3v) is 7.50. The molecular weight excluding hydrogens is 472 g/mol. The lowest BCUT2D eigenvalue weighted by Crippen LogP contribution is -2.38. The van der Waals surface area contributed by atoms with Gasteiger partial charge >= 0.3 is 5.97 Å². The van der Waals surface area contributed by atoms with E-state index in [1.54, 1.807) is 0 Å². The largest absolute Gasteiger partial charge is 0.461 e. The van der Waals surface area contributed by atoms with Crippen LogP contribution in [0.4, 0.5) is 0 Å². The van der Waals surface area contributed by atoms with Crippen LogP contribution in [0.5, 0.6) is 0 Å². The molecule has 0 radical (unpaired) electrons. The minimum Gasteiger partial charge on any atom is -0.461 e. The van der Waals surface area contributed by atoms with Gasteiger partial charge in [0.25, 0.3) is 0 Å². The summed E-state index contributed by atoms with van der Waals surface area (Å²) in [5.74, 6) is -0.377. The lowest BCUT2D eigenvalue weighted by Gasteiger charge is -2.36. The number of benzene rings is 3. The first-order valence-electron chi connectivity index (χ1n) is 13.0. The summed E-state index contributed by atoms with van der Waals surface area (Å²) in [6.45, 7) is 6.38. The Kier molecular flexibility index (Phi) is 5.75. The predicted octanol–water partition coefficient (Wildman–Crippen LogP) is 6.12. The predicted molar refractivity (Wildman–Crippen MR) is 147 cm³/mol. The van der Waals surface area contributed by atoms with Crippen molar-refractivity contribution >= 4 is 5.97 Å². The minimum absolute atomic E-state index is 0.310. The van der Waals surface area contributed by atoms with Crippen LogP contribution in [-0.2, 0) is 22.1 Å². The van der Waals surface area contributed by atoms with Gasteiger partial charge in [-0.1, -0.05) is 105 Å². The maximum Gasteiger partial charge on any atom is 0.356 e. The van der Waals surface area contributed by atoms with E-state index >= 15 is 0 Å². The minimum atomic E-state index is -0.717. The van der Waals surface area contributed by atoms with Gasteiger partial charge in [-0.2, -0.15) is 10.2 Å². The van der Waals surface area contributed by atoms with Gasteiger partial charge in [0.1, 0.15) is 16.9 Å². The van der Waals surface area contributed by atoms with Gasteiger partial charge in [0.05, 0.1) is 12.3 Å². The number of fused-ring (bicyclic) bond motifs is 3. The van der Waals surface area contributed by atoms with Crippen molar-refractivity contribution < 1.29 is 9.53 Å². The Balaban J connectivity index is 1.64. The monoisotopic (exact) mass is 502 g/mol. The number of esters is 1. The number of H-pyrrole nitrogens is 1. The molecule has 1 N–H and O–H groups in total. The molecule has 0 amide bonds. The number of carbonyl (C=O) groups excluding carboxylic acids is 1. The van der Waals surface area contributed by atoms with E-state index in [4.69, 9.17) is 9.84 Å². The summed E-state index contributed by atoms with van der Waals surface area (Å²) < 4.78 is 7.42. The number of nitrogens with one attached hydrogen (secondary N) is 1. The number of rotatable bonds is 6. The van der Waals surface area contributed by atoms with E-state index in [1.165, 1.54) is 0 Å². The van der Waals surface area contributed by atoms with Crippen molar-refractivity contribution in [2.24, 2.45) is 0 Å². The molecule has 0 atom stereocenters. The Hall–Kier alpha value is -4.45. The van der Waals surface area contributed by atoms with E-state index in [0.29, 0.717) is 18.7 Å². The first-order valence-corrected chi connectivity index (χ1v) is 13.0. The van der Waals surface area contributed by atoms with Crippen LogP contribution in [0.15, 0.2) is 97.2 Å². The second-order valence-corrected chi connectivity index (χ2v) is 10.3. The van der Waals surface area contributed by atoms with E-state index in [2.05, 4.69) is 108 Å². The normalized spacial score (nSPS) is 14.0. The van der Waals surface area contributed by atoms with Crippen LogP contribution in [0, 0.1) is 0 Å². The SMILES string of the molecule is CCOC(=O)c1[nH]nc2c1C(C)(C)Cc1nn(C(c3ccccc3)(c3ccccc3)c3ccccc3)cc1-2. The van der Waals surface area contributed by atoms with Crippen molar-refractivity contribution in [2.75, 3.05) is 6.61 Å². The van der Waals surface area contributed by atoms with E-state index in [9.17, 15) is 4.79 Å². The van der Waals surface area contributed by atoms with Gasteiger partial charge in [-0.05, 0) is 29.0 Å². The quantitative estimate of drug-likeness (QED) is 0.224. The number of hydrogen-bond acceptors (Lipinski definition) is 4. The molecule has 1 aliphatic rings. The van der Waals surface area contributed by atoms with Crippen LogP contribution in [0.3, 0.4) is 0 Å². The molecule has 3 aromatic carbocycles. The van der Waals surface area contributed by atoms with Crippen LogP contribution in [0.25, 0.3) is 11.3 Å². The maximum atomic E-state index is 12.8. The summed E-state index contributed by atoms with van der Waals surface area (Å²) in [7, 11) is 0. The summed E-state index contributed by atoms with van der Waals surface area (Å²) in [5, 5.41) is 12.9. The van der Waals surface area contributed by atoms with Crippen LogP contribution in [0.2, 0.25) is 0 Å². The zero-order valence-corrected chi connectivity index (χ0v) is 21.8. The molecule has 38 heavy (non-hydrogen) atoms. The molecule has 0 saturated carbocycles. The van der Waals surface area contributed by atoms with Crippen molar-refractivity contribution in [3.63, 3.8) is 0 Å². The van der Waals surface area contributed by atoms with Crippen molar-refractivity contribution in [1.82, 2.24) is 20.0 Å². The molecule has 6 rings (SSSR count). The fraction of sp³-hybridized carbons (Fsp3) is 0.219. The third-order valence-electron chi connectivity index (χ3n) is 7.50. The van der Waals surface area contributed by atoms with Gasteiger partial charge < -0.3 is 4.74 Å². The summed E-state index contributed by atoms with van der Waals surface area (Å²) >= 11 is 0. The highest BCUT2D eigenvalue weighted by molar-refractivity contribution is 5.92. The summed E-state index contributed by atoms with van der Waals surface area (Å²) in [6, 6.07) is 31.5. The molecule has 0 bridgehead atoms. The topological polar surface area (TPSA) is 72.8 Å². The number of aromatic nitrogens is 4. The average molecular weight is 503 g/mol. The molecule has 0 spiro atoms. The second kappa shape index (κ2) is 9.14. The fourth-order valence-corrected chi connectivity index (χ4v) is 5.90. The van der Waals surface area contributed by atoms with Gasteiger partial charge in [-0.3, -0.25) is 9.78 Å². The third kappa shape index (κ3) is 3.59. The zero-order valence-electron chi connectivity index (χ0n) is 21.8. The Bertz CT molecular complexity index is 1490. The number of nitrogens with zero attached hydrogens (tertiary/aromatic N) is 3. The van der Waals surface area contributed by atoms with Crippen LogP contribution in [0.1, 0.15) is 59.2 Å². The number of aromatic amines is 1. The van der Waals surface area contributed by atoms with Gasteiger partial charge in [0.2, 0.25) is 0 Å². The first-order chi connectivity index (χ1) is 18.5. The van der Waals surface area contributed by atoms with E-state index in [0.717, 1.165) is 39.2 Å². The summed E-state index contributed by atoms with van der Waals surface area (Å²) in [6.07, 6.45) is 2.76. The van der Waals surface area contributed by atoms with Gasteiger partial charge in [-0.15, -0.1) is 0 Å². The molecule has 1 aliphatic carbocycles. The maximum absolute atomic E-state index is 12.8. The Morgan fingerprint density at radius 3 is 1.95 bits per heavy atom. The lowest BCUT2D eigenvalue weighted by molar-refractivity contribution is 0.0516. The van der Waals surface area contributed by atoms with Crippen molar-refractivity contribution in [1.29, 1.82) is 0 Å². The Morgan fingerprint density at radius 1 is 0.921 bits per heavy atom. The van der Waals surface area contributed by atoms with Gasteiger partial charge in [-0.25, -0.2) is 4.79 Å². The standard InChI is InChI=1S/C32H30N4O2/c1-4-38-30(37)29-27-28(33-34-29)25-21-36(35-26(25)20-31(27,2)3)32(22-14-8-5-9-15-22,23-16-10-6-11-17-23)24-18-12-7-13-19-24/h5-19,21H,4,20H2,1-3H3,(H,33,34). The number of hydrogen-bond donors (Lipinski definition) is 1. The molecule has 2 aromatic heterocycles. The van der Waals surface area contributed by atoms with E-state index < -0.39 is 5.54 Å². The smallest absolute Gasteiger partial charge is 0.356 e. The molecule has 5 aromatic rings. The van der Waals surface area contributed by atoms with E-state index in [1.807, 2.05) is 25.1 Å². The second-order valence-electron chi connectivity index (χ2n) is 10.3. The number of ether oxygens (including phenoxy) is 1. The molecule has 190 valence electrons. The van der Waals surface area contributed by atoms with E-state index in [-0.39, 0.29) is 11.4 Å². The molecule has 0 saturated heterocycles. The number of carbonyl (C=O) groups is 1. The van der Waals surface area contributed by atoms with Gasteiger partial charge in [0.15, 0.2) is 0 Å². The van der Waals surface area contributed by atoms with Gasteiger partial charge in [0, 0.05) is 23.7 Å². The van der Waals surface area contributed by atoms with Crippen LogP contribution >= 0.6 is 0 Å². The van der Waals surface area contributed by atoms with Crippen molar-refractivity contribution in [3.8, 4) is 11.3 Å². The Labute approximate surface area is 222 Å². The summed E-state index contributed by atoms with van der Waals surface area (Å²) in [5.41, 5.74) is 6.18. The first kappa shape index (κ1) is 23.9. The van der Waals surface area contributed by atoms with Crippen molar-refractivity contribution in [3.05, 3.63) is 131 Å².